The third-order valence-corrected chi connectivity index (χ3v) is 2.77. The first kappa shape index (κ1) is 12.8. The molecule has 0 aromatic rings. The molecule has 0 aromatic heterocycles. The number of thiol groups is 1. The molecule has 0 aromatic carbocycles. The summed E-state index contributed by atoms with van der Waals surface area (Å²) in [6.07, 6.45) is 5.54. The molecule has 0 N–H and O–H groups in total. The first-order valence-electron chi connectivity index (χ1n) is 5.66. The van der Waals surface area contributed by atoms with Crippen molar-refractivity contribution in [3.8, 4) is 0 Å². The SMILES string of the molecule is CC(S)OCCOC(=O)C1CCCCC1. The summed E-state index contributed by atoms with van der Waals surface area (Å²) in [4.78, 5) is 11.5. The van der Waals surface area contributed by atoms with Crippen molar-refractivity contribution in [3.05, 3.63) is 0 Å². The Morgan fingerprint density at radius 1 is 1.33 bits per heavy atom. The Labute approximate surface area is 96.9 Å². The zero-order valence-electron chi connectivity index (χ0n) is 9.28. The van der Waals surface area contributed by atoms with Crippen molar-refractivity contribution in [2.24, 2.45) is 5.92 Å². The van der Waals surface area contributed by atoms with Gasteiger partial charge in [0.15, 0.2) is 0 Å². The molecule has 0 heterocycles. The van der Waals surface area contributed by atoms with E-state index in [1.165, 1.54) is 6.42 Å². The Hall–Kier alpha value is -0.220. The van der Waals surface area contributed by atoms with Gasteiger partial charge in [0.25, 0.3) is 0 Å². The molecule has 1 atom stereocenters. The number of ether oxygens (including phenoxy) is 2. The summed E-state index contributed by atoms with van der Waals surface area (Å²) in [6.45, 7) is 2.62. The van der Waals surface area contributed by atoms with Gasteiger partial charge in [0.2, 0.25) is 0 Å². The van der Waals surface area contributed by atoms with E-state index in [-0.39, 0.29) is 17.3 Å². The number of hydrogen-bond acceptors (Lipinski definition) is 4. The van der Waals surface area contributed by atoms with Gasteiger partial charge in [-0.1, -0.05) is 19.3 Å². The number of carbonyl (C=O) groups is 1. The highest BCUT2D eigenvalue weighted by molar-refractivity contribution is 7.80. The van der Waals surface area contributed by atoms with Crippen LogP contribution in [0.5, 0.6) is 0 Å². The first-order chi connectivity index (χ1) is 7.20. The summed E-state index contributed by atoms with van der Waals surface area (Å²) in [5.74, 6) is 0.0808. The molecule has 0 spiro atoms. The van der Waals surface area contributed by atoms with Gasteiger partial charge in [0.05, 0.1) is 18.0 Å². The normalized spacial score (nSPS) is 19.9. The molecule has 1 unspecified atom stereocenters. The van der Waals surface area contributed by atoms with Crippen LogP contribution < -0.4 is 0 Å². The van der Waals surface area contributed by atoms with E-state index in [1.54, 1.807) is 0 Å². The van der Waals surface area contributed by atoms with E-state index in [0.29, 0.717) is 13.2 Å². The zero-order valence-corrected chi connectivity index (χ0v) is 10.2. The number of rotatable bonds is 5. The quantitative estimate of drug-likeness (QED) is 0.342. The van der Waals surface area contributed by atoms with Gasteiger partial charge >= 0.3 is 5.97 Å². The smallest absolute Gasteiger partial charge is 0.309 e. The summed E-state index contributed by atoms with van der Waals surface area (Å²) >= 11 is 4.06. The van der Waals surface area contributed by atoms with E-state index in [2.05, 4.69) is 12.6 Å². The van der Waals surface area contributed by atoms with Crippen LogP contribution in [0.4, 0.5) is 0 Å². The Balaban J connectivity index is 2.07. The first-order valence-corrected chi connectivity index (χ1v) is 6.18. The third kappa shape index (κ3) is 5.42. The fraction of sp³-hybridized carbons (Fsp3) is 0.909. The van der Waals surface area contributed by atoms with Crippen molar-refractivity contribution in [2.75, 3.05) is 13.2 Å². The lowest BCUT2D eigenvalue weighted by molar-refractivity contribution is -0.151. The molecule has 1 rings (SSSR count). The van der Waals surface area contributed by atoms with Gasteiger partial charge in [0, 0.05) is 0 Å². The van der Waals surface area contributed by atoms with Gasteiger partial charge in [-0.3, -0.25) is 4.79 Å². The lowest BCUT2D eigenvalue weighted by atomic mass is 9.89. The van der Waals surface area contributed by atoms with Gasteiger partial charge in [-0.05, 0) is 19.8 Å². The standard InChI is InChI=1S/C11H20O3S/c1-9(15)13-7-8-14-11(12)10-5-3-2-4-6-10/h9-10,15H,2-8H2,1H3. The summed E-state index contributed by atoms with van der Waals surface area (Å²) in [5, 5.41) is 0. The average Bonchev–Trinajstić information content (AvgIpc) is 2.25. The van der Waals surface area contributed by atoms with Crippen molar-refractivity contribution in [1.29, 1.82) is 0 Å². The Morgan fingerprint density at radius 2 is 2.00 bits per heavy atom. The number of esters is 1. The van der Waals surface area contributed by atoms with E-state index in [9.17, 15) is 4.79 Å². The molecule has 3 nitrogen and oxygen atoms in total. The highest BCUT2D eigenvalue weighted by atomic mass is 32.1. The van der Waals surface area contributed by atoms with Crippen LogP contribution in [0.1, 0.15) is 39.0 Å². The average molecular weight is 232 g/mol. The minimum atomic E-state index is -0.0987. The highest BCUT2D eigenvalue weighted by Gasteiger charge is 2.22. The molecule has 0 bridgehead atoms. The molecule has 0 amide bonds. The van der Waals surface area contributed by atoms with E-state index in [4.69, 9.17) is 9.47 Å². The highest BCUT2D eigenvalue weighted by Crippen LogP contribution is 2.24. The minimum absolute atomic E-state index is 0.0508. The lowest BCUT2D eigenvalue weighted by Gasteiger charge is -2.19. The zero-order chi connectivity index (χ0) is 11.1. The fourth-order valence-corrected chi connectivity index (χ4v) is 1.92. The van der Waals surface area contributed by atoms with E-state index < -0.39 is 0 Å². The molecule has 0 saturated heterocycles. The molecule has 1 aliphatic carbocycles. The summed E-state index contributed by atoms with van der Waals surface area (Å²) < 4.78 is 10.3. The largest absolute Gasteiger partial charge is 0.463 e. The van der Waals surface area contributed by atoms with Gasteiger partial charge < -0.3 is 9.47 Å². The second-order valence-electron chi connectivity index (χ2n) is 3.97. The Morgan fingerprint density at radius 3 is 2.60 bits per heavy atom. The lowest BCUT2D eigenvalue weighted by Crippen LogP contribution is -2.22. The molecular formula is C11H20O3S. The maximum absolute atomic E-state index is 11.5. The fourth-order valence-electron chi connectivity index (χ4n) is 1.82. The van der Waals surface area contributed by atoms with Crippen LogP contribution in [-0.2, 0) is 14.3 Å². The molecule has 0 radical (unpaired) electrons. The van der Waals surface area contributed by atoms with Crippen molar-refractivity contribution in [3.63, 3.8) is 0 Å². The van der Waals surface area contributed by atoms with Crippen molar-refractivity contribution < 1.29 is 14.3 Å². The number of hydrogen-bond donors (Lipinski definition) is 1. The predicted molar refractivity (Wildman–Crippen MR) is 61.9 cm³/mol. The summed E-state index contributed by atoms with van der Waals surface area (Å²) in [6, 6.07) is 0. The third-order valence-electron chi connectivity index (χ3n) is 2.63. The molecule has 0 aliphatic heterocycles. The summed E-state index contributed by atoms with van der Waals surface area (Å²) in [7, 11) is 0. The van der Waals surface area contributed by atoms with E-state index in [0.717, 1.165) is 25.7 Å². The molecule has 1 saturated carbocycles. The molecule has 1 fully saturated rings. The van der Waals surface area contributed by atoms with Crippen LogP contribution in [0.2, 0.25) is 0 Å². The second kappa shape index (κ2) is 7.12. The van der Waals surface area contributed by atoms with Gasteiger partial charge in [-0.2, -0.15) is 0 Å². The Bertz CT molecular complexity index is 188. The van der Waals surface area contributed by atoms with Crippen LogP contribution in [0.25, 0.3) is 0 Å². The van der Waals surface area contributed by atoms with Crippen LogP contribution in [-0.4, -0.2) is 24.6 Å². The molecule has 88 valence electrons. The summed E-state index contributed by atoms with van der Waals surface area (Å²) in [5.41, 5.74) is -0.0987. The second-order valence-corrected chi connectivity index (χ2v) is 4.70. The topological polar surface area (TPSA) is 35.5 Å². The number of carbonyl (C=O) groups excluding carboxylic acids is 1. The Kier molecular flexibility index (Phi) is 6.10. The van der Waals surface area contributed by atoms with Gasteiger partial charge in [-0.25, -0.2) is 0 Å². The van der Waals surface area contributed by atoms with Crippen LogP contribution >= 0.6 is 12.6 Å². The van der Waals surface area contributed by atoms with Gasteiger partial charge in [-0.15, -0.1) is 12.6 Å². The predicted octanol–water partition coefficient (Wildman–Crippen LogP) is 2.40. The van der Waals surface area contributed by atoms with Crippen LogP contribution in [0.3, 0.4) is 0 Å². The van der Waals surface area contributed by atoms with Gasteiger partial charge in [0.1, 0.15) is 6.61 Å². The molecule has 15 heavy (non-hydrogen) atoms. The van der Waals surface area contributed by atoms with Crippen molar-refractivity contribution in [2.45, 2.75) is 44.5 Å². The molecule has 4 heteroatoms. The minimum Gasteiger partial charge on any atom is -0.463 e. The maximum atomic E-state index is 11.5. The van der Waals surface area contributed by atoms with Crippen LogP contribution in [0, 0.1) is 5.92 Å². The monoisotopic (exact) mass is 232 g/mol. The molecule has 1 aliphatic rings. The van der Waals surface area contributed by atoms with Crippen molar-refractivity contribution in [1.82, 2.24) is 0 Å². The van der Waals surface area contributed by atoms with E-state index >= 15 is 0 Å². The molecular weight excluding hydrogens is 212 g/mol. The maximum Gasteiger partial charge on any atom is 0.309 e. The van der Waals surface area contributed by atoms with Crippen LogP contribution in [0.15, 0.2) is 0 Å². The van der Waals surface area contributed by atoms with E-state index in [1.807, 2.05) is 6.92 Å². The van der Waals surface area contributed by atoms with Crippen molar-refractivity contribution >= 4 is 18.6 Å².